The molecule has 0 amide bonds. The molecule has 0 radical (unpaired) electrons. The van der Waals surface area contributed by atoms with Gasteiger partial charge in [-0.3, -0.25) is 5.10 Å². The van der Waals surface area contributed by atoms with E-state index >= 15 is 0 Å². The van der Waals surface area contributed by atoms with Crippen molar-refractivity contribution in [1.29, 1.82) is 0 Å². The molecule has 0 aliphatic rings. The Hall–Kier alpha value is -2.30. The van der Waals surface area contributed by atoms with Crippen molar-refractivity contribution < 1.29 is 9.90 Å². The van der Waals surface area contributed by atoms with E-state index in [-0.39, 0.29) is 5.56 Å². The predicted octanol–water partition coefficient (Wildman–Crippen LogP) is 1.84. The third kappa shape index (κ3) is 2.34. The highest BCUT2D eigenvalue weighted by Gasteiger charge is 2.10. The summed E-state index contributed by atoms with van der Waals surface area (Å²) in [5.74, 6) is -0.409. The summed E-state index contributed by atoms with van der Waals surface area (Å²) in [6, 6.07) is 6.80. The lowest BCUT2D eigenvalue weighted by atomic mass is 10.0. The molecule has 2 aromatic rings. The zero-order valence-corrected chi connectivity index (χ0v) is 10.1. The number of nitrogens with zero attached hydrogens (tertiary/aromatic N) is 1. The van der Waals surface area contributed by atoms with Crippen LogP contribution in [0.4, 0.5) is 5.82 Å². The SMILES string of the molecule is CCc1[nH]nc(N)c1Cc1ccc(C(=O)O)cc1. The minimum absolute atomic E-state index is 0.287. The first-order valence-corrected chi connectivity index (χ1v) is 5.75. The van der Waals surface area contributed by atoms with Gasteiger partial charge < -0.3 is 10.8 Å². The Bertz CT molecular complexity index is 558. The van der Waals surface area contributed by atoms with Gasteiger partial charge in [-0.1, -0.05) is 19.1 Å². The molecular formula is C13H15N3O2. The number of aromatic nitrogens is 2. The Morgan fingerprint density at radius 1 is 1.39 bits per heavy atom. The molecule has 4 N–H and O–H groups in total. The van der Waals surface area contributed by atoms with E-state index in [1.54, 1.807) is 24.3 Å². The number of hydrogen-bond acceptors (Lipinski definition) is 3. The smallest absolute Gasteiger partial charge is 0.335 e. The minimum atomic E-state index is -0.918. The molecule has 2 rings (SSSR count). The number of rotatable bonds is 4. The highest BCUT2D eigenvalue weighted by atomic mass is 16.4. The minimum Gasteiger partial charge on any atom is -0.478 e. The third-order valence-electron chi connectivity index (χ3n) is 2.92. The second kappa shape index (κ2) is 4.91. The molecule has 0 atom stereocenters. The maximum absolute atomic E-state index is 10.7. The normalized spacial score (nSPS) is 10.5. The summed E-state index contributed by atoms with van der Waals surface area (Å²) in [6.07, 6.45) is 1.50. The third-order valence-corrected chi connectivity index (χ3v) is 2.92. The van der Waals surface area contributed by atoms with Gasteiger partial charge in [-0.25, -0.2) is 4.79 Å². The second-order valence-corrected chi connectivity index (χ2v) is 4.10. The number of aryl methyl sites for hydroxylation is 1. The van der Waals surface area contributed by atoms with E-state index < -0.39 is 5.97 Å². The molecule has 5 nitrogen and oxygen atoms in total. The molecule has 1 aromatic heterocycles. The lowest BCUT2D eigenvalue weighted by molar-refractivity contribution is 0.0697. The number of nitrogens with two attached hydrogens (primary N) is 1. The molecule has 1 heterocycles. The van der Waals surface area contributed by atoms with Gasteiger partial charge in [0.1, 0.15) is 5.82 Å². The highest BCUT2D eigenvalue weighted by Crippen LogP contribution is 2.19. The van der Waals surface area contributed by atoms with E-state index in [0.717, 1.165) is 23.2 Å². The lowest BCUT2D eigenvalue weighted by Crippen LogP contribution is -1.99. The molecule has 0 saturated carbocycles. The second-order valence-electron chi connectivity index (χ2n) is 4.10. The molecule has 0 fully saturated rings. The zero-order valence-electron chi connectivity index (χ0n) is 10.1. The van der Waals surface area contributed by atoms with Gasteiger partial charge in [-0.15, -0.1) is 0 Å². The van der Waals surface area contributed by atoms with E-state index in [2.05, 4.69) is 10.2 Å². The standard InChI is InChI=1S/C13H15N3O2/c1-2-11-10(12(14)16-15-11)7-8-3-5-9(6-4-8)13(17)18/h3-6H,2,7H2,1H3,(H,17,18)(H3,14,15,16). The Balaban J connectivity index is 2.23. The van der Waals surface area contributed by atoms with Crippen molar-refractivity contribution in [2.75, 3.05) is 5.73 Å². The molecule has 1 aromatic carbocycles. The van der Waals surface area contributed by atoms with E-state index in [0.29, 0.717) is 12.2 Å². The van der Waals surface area contributed by atoms with Crippen LogP contribution in [0.5, 0.6) is 0 Å². The molecule has 94 valence electrons. The van der Waals surface area contributed by atoms with Crippen molar-refractivity contribution >= 4 is 11.8 Å². The number of hydrogen-bond donors (Lipinski definition) is 3. The summed E-state index contributed by atoms with van der Waals surface area (Å²) in [5.41, 5.74) is 9.12. The maximum Gasteiger partial charge on any atom is 0.335 e. The number of H-pyrrole nitrogens is 1. The summed E-state index contributed by atoms with van der Waals surface area (Å²) >= 11 is 0. The van der Waals surface area contributed by atoms with Crippen LogP contribution in [-0.2, 0) is 12.8 Å². The Kier molecular flexibility index (Phi) is 3.32. The van der Waals surface area contributed by atoms with Crippen molar-refractivity contribution in [2.24, 2.45) is 0 Å². The van der Waals surface area contributed by atoms with Gasteiger partial charge in [-0.2, -0.15) is 5.10 Å². The maximum atomic E-state index is 10.7. The van der Waals surface area contributed by atoms with Crippen LogP contribution >= 0.6 is 0 Å². The number of aromatic carboxylic acids is 1. The number of anilines is 1. The average Bonchev–Trinajstić information content (AvgIpc) is 2.71. The molecule has 18 heavy (non-hydrogen) atoms. The van der Waals surface area contributed by atoms with Crippen LogP contribution in [0.3, 0.4) is 0 Å². The number of nitrogen functional groups attached to an aromatic ring is 1. The summed E-state index contributed by atoms with van der Waals surface area (Å²) in [4.78, 5) is 10.7. The van der Waals surface area contributed by atoms with Crippen LogP contribution in [0, 0.1) is 0 Å². The van der Waals surface area contributed by atoms with Gasteiger partial charge in [0, 0.05) is 17.7 Å². The van der Waals surface area contributed by atoms with Crippen molar-refractivity contribution in [3.8, 4) is 0 Å². The number of benzene rings is 1. The van der Waals surface area contributed by atoms with Gasteiger partial charge in [0.25, 0.3) is 0 Å². The molecular weight excluding hydrogens is 230 g/mol. The first kappa shape index (κ1) is 12.2. The van der Waals surface area contributed by atoms with Crippen LogP contribution in [0.1, 0.15) is 34.1 Å². The quantitative estimate of drug-likeness (QED) is 0.766. The van der Waals surface area contributed by atoms with Gasteiger partial charge >= 0.3 is 5.97 Å². The summed E-state index contributed by atoms with van der Waals surface area (Å²) in [5, 5.41) is 15.7. The fourth-order valence-corrected chi connectivity index (χ4v) is 1.88. The van der Waals surface area contributed by atoms with E-state index in [4.69, 9.17) is 10.8 Å². The van der Waals surface area contributed by atoms with Crippen LogP contribution in [-0.4, -0.2) is 21.3 Å². The number of aromatic amines is 1. The van der Waals surface area contributed by atoms with Crippen LogP contribution < -0.4 is 5.73 Å². The Morgan fingerprint density at radius 2 is 2.06 bits per heavy atom. The number of carboxylic acids is 1. The van der Waals surface area contributed by atoms with E-state index in [1.165, 1.54) is 0 Å². The van der Waals surface area contributed by atoms with Crippen molar-refractivity contribution in [1.82, 2.24) is 10.2 Å². The Morgan fingerprint density at radius 3 is 2.61 bits per heavy atom. The molecule has 0 spiro atoms. The first-order chi connectivity index (χ1) is 8.61. The summed E-state index contributed by atoms with van der Waals surface area (Å²) in [7, 11) is 0. The Labute approximate surface area is 105 Å². The monoisotopic (exact) mass is 245 g/mol. The van der Waals surface area contributed by atoms with Gasteiger partial charge in [0.15, 0.2) is 0 Å². The van der Waals surface area contributed by atoms with Crippen LogP contribution in [0.2, 0.25) is 0 Å². The van der Waals surface area contributed by atoms with E-state index in [9.17, 15) is 4.79 Å². The highest BCUT2D eigenvalue weighted by molar-refractivity contribution is 5.87. The predicted molar refractivity (Wildman–Crippen MR) is 68.6 cm³/mol. The fourth-order valence-electron chi connectivity index (χ4n) is 1.88. The molecule has 0 saturated heterocycles. The number of carboxylic acid groups (broad SMARTS) is 1. The van der Waals surface area contributed by atoms with Gasteiger partial charge in [0.05, 0.1) is 5.56 Å². The molecule has 0 aliphatic carbocycles. The summed E-state index contributed by atoms with van der Waals surface area (Å²) < 4.78 is 0. The molecule has 0 bridgehead atoms. The van der Waals surface area contributed by atoms with Crippen molar-refractivity contribution in [2.45, 2.75) is 19.8 Å². The van der Waals surface area contributed by atoms with Crippen LogP contribution in [0.25, 0.3) is 0 Å². The molecule has 5 heteroatoms. The lowest BCUT2D eigenvalue weighted by Gasteiger charge is -2.03. The van der Waals surface area contributed by atoms with E-state index in [1.807, 2.05) is 6.92 Å². The molecule has 0 aliphatic heterocycles. The van der Waals surface area contributed by atoms with Crippen molar-refractivity contribution in [3.05, 3.63) is 46.6 Å². The molecule has 0 unspecified atom stereocenters. The largest absolute Gasteiger partial charge is 0.478 e. The topological polar surface area (TPSA) is 92.0 Å². The van der Waals surface area contributed by atoms with Gasteiger partial charge in [0.2, 0.25) is 0 Å². The zero-order chi connectivity index (χ0) is 13.1. The average molecular weight is 245 g/mol. The van der Waals surface area contributed by atoms with Crippen molar-refractivity contribution in [3.63, 3.8) is 0 Å². The summed E-state index contributed by atoms with van der Waals surface area (Å²) in [6.45, 7) is 2.03. The first-order valence-electron chi connectivity index (χ1n) is 5.75. The van der Waals surface area contributed by atoms with Gasteiger partial charge in [-0.05, 0) is 24.1 Å². The fraction of sp³-hybridized carbons (Fsp3) is 0.231. The number of nitrogens with one attached hydrogen (secondary N) is 1. The number of carbonyl (C=O) groups is 1. The van der Waals surface area contributed by atoms with Crippen LogP contribution in [0.15, 0.2) is 24.3 Å².